The molecule has 1 fully saturated rings. The molecule has 1 aromatic carbocycles. The van der Waals surface area contributed by atoms with Crippen LogP contribution in [0.25, 0.3) is 0 Å². The molecule has 1 saturated heterocycles. The molecule has 10 nitrogen and oxygen atoms in total. The molecule has 2 aromatic rings. The molecule has 180 valence electrons. The number of nitrogens with zero attached hydrogens (tertiary/aromatic N) is 3. The van der Waals surface area contributed by atoms with Crippen LogP contribution in [0.3, 0.4) is 0 Å². The number of nitriles is 1. The van der Waals surface area contributed by atoms with Crippen LogP contribution in [0.1, 0.15) is 54.9 Å². The normalized spacial score (nSPS) is 17.0. The number of anilines is 1. The lowest BCUT2D eigenvalue weighted by molar-refractivity contribution is -0.194. The molecular weight excluding hydrogens is 452 g/mol. The predicted octanol–water partition coefficient (Wildman–Crippen LogP) is 3.11. The zero-order valence-electron chi connectivity index (χ0n) is 19.8. The molecule has 3 heterocycles. The molecule has 2 aliphatic heterocycles. The van der Waals surface area contributed by atoms with Gasteiger partial charge >= 0.3 is 5.97 Å². The minimum atomic E-state index is -0.871. The first-order chi connectivity index (χ1) is 16.8. The highest BCUT2D eigenvalue weighted by molar-refractivity contribution is 6.03. The number of imide groups is 1. The highest BCUT2D eigenvalue weighted by Crippen LogP contribution is 2.49. The number of hydrogen-bond donors (Lipinski definition) is 1. The van der Waals surface area contributed by atoms with Crippen molar-refractivity contribution in [1.82, 2.24) is 10.0 Å². The summed E-state index contributed by atoms with van der Waals surface area (Å²) in [6, 6.07) is 6.97. The first-order valence-electron chi connectivity index (χ1n) is 11.1. The molecule has 1 N–H and O–H groups in total. The summed E-state index contributed by atoms with van der Waals surface area (Å²) in [7, 11) is 1.47. The third-order valence-electron chi connectivity index (χ3n) is 5.92. The molecule has 10 heteroatoms. The first kappa shape index (κ1) is 23.8. The van der Waals surface area contributed by atoms with Crippen molar-refractivity contribution in [3.05, 3.63) is 57.9 Å². The van der Waals surface area contributed by atoms with Gasteiger partial charge in [-0.2, -0.15) is 5.26 Å². The Morgan fingerprint density at radius 2 is 1.97 bits per heavy atom. The fraction of sp³-hybridized carbons (Fsp3) is 0.320. The molecule has 2 aliphatic rings. The number of hydrogen-bond acceptors (Lipinski definition) is 9. The minimum Gasteiger partial charge on any atom is -0.496 e. The summed E-state index contributed by atoms with van der Waals surface area (Å²) in [4.78, 5) is 47.5. The Bertz CT molecular complexity index is 1290. The lowest BCUT2D eigenvalue weighted by atomic mass is 9.79. The number of carbonyl (C=O) groups excluding carboxylic acids is 3. The molecule has 4 rings (SSSR count). The predicted molar refractivity (Wildman–Crippen MR) is 123 cm³/mol. The molecule has 0 spiro atoms. The van der Waals surface area contributed by atoms with Crippen molar-refractivity contribution >= 4 is 23.5 Å². The smallest absolute Gasteiger partial charge is 0.362 e. The highest BCUT2D eigenvalue weighted by atomic mass is 16.7. The maximum Gasteiger partial charge on any atom is 0.362 e. The fourth-order valence-electron chi connectivity index (χ4n) is 4.30. The maximum absolute atomic E-state index is 13.5. The van der Waals surface area contributed by atoms with E-state index in [1.165, 1.54) is 7.11 Å². The zero-order chi connectivity index (χ0) is 25.3. The molecular formula is C25H24N4O6. The number of aryl methyl sites for hydroxylation is 1. The summed E-state index contributed by atoms with van der Waals surface area (Å²) in [6.07, 6.45) is 1.63. The summed E-state index contributed by atoms with van der Waals surface area (Å²) in [5, 5.41) is 13.1. The zero-order valence-corrected chi connectivity index (χ0v) is 19.8. The van der Waals surface area contributed by atoms with Gasteiger partial charge in [0.15, 0.2) is 0 Å². The van der Waals surface area contributed by atoms with Crippen LogP contribution >= 0.6 is 0 Å². The number of amides is 2. The second-order valence-electron chi connectivity index (χ2n) is 8.09. The van der Waals surface area contributed by atoms with Gasteiger partial charge in [-0.15, -0.1) is 5.06 Å². The van der Waals surface area contributed by atoms with Gasteiger partial charge in [0.25, 0.3) is 11.8 Å². The van der Waals surface area contributed by atoms with Gasteiger partial charge in [0, 0.05) is 30.3 Å². The Labute approximate surface area is 202 Å². The highest BCUT2D eigenvalue weighted by Gasteiger charge is 2.41. The average molecular weight is 476 g/mol. The largest absolute Gasteiger partial charge is 0.496 e. The number of carbonyl (C=O) groups is 3. The van der Waals surface area contributed by atoms with E-state index in [2.05, 4.69) is 16.4 Å². The Morgan fingerprint density at radius 3 is 2.60 bits per heavy atom. The average Bonchev–Trinajstić information content (AvgIpc) is 3.16. The number of methoxy groups -OCH3 is 1. The number of fused-ring (bicyclic) bond motifs is 1. The molecule has 0 bridgehead atoms. The maximum atomic E-state index is 13.5. The van der Waals surface area contributed by atoms with E-state index < -0.39 is 23.7 Å². The molecule has 2 amide bonds. The third-order valence-corrected chi connectivity index (χ3v) is 5.92. The number of nitrogens with one attached hydrogen (secondary N) is 1. The first-order valence-corrected chi connectivity index (χ1v) is 11.1. The van der Waals surface area contributed by atoms with Gasteiger partial charge in [-0.25, -0.2) is 9.78 Å². The molecule has 35 heavy (non-hydrogen) atoms. The molecule has 1 aromatic heterocycles. The summed E-state index contributed by atoms with van der Waals surface area (Å²) < 4.78 is 11.4. The SMILES string of the molecule is CCOc1ncc(C)c2c1C(c1ccc(C#N)cc1OC)C(C(=O)ON1C(=O)CCC1=O)=C(C)N2. The summed E-state index contributed by atoms with van der Waals surface area (Å²) in [5.41, 5.74) is 3.67. The van der Waals surface area contributed by atoms with Crippen molar-refractivity contribution in [1.29, 1.82) is 5.26 Å². The van der Waals surface area contributed by atoms with Crippen molar-refractivity contribution in [2.75, 3.05) is 19.0 Å². The van der Waals surface area contributed by atoms with Crippen molar-refractivity contribution < 1.29 is 28.7 Å². The van der Waals surface area contributed by atoms with Gasteiger partial charge in [-0.3, -0.25) is 9.59 Å². The number of hydroxylamine groups is 2. The topological polar surface area (TPSA) is 131 Å². The van der Waals surface area contributed by atoms with Crippen LogP contribution in [0.4, 0.5) is 5.69 Å². The molecule has 1 unspecified atom stereocenters. The Morgan fingerprint density at radius 1 is 1.26 bits per heavy atom. The number of pyridine rings is 1. The number of benzene rings is 1. The summed E-state index contributed by atoms with van der Waals surface area (Å²) in [5.74, 6) is -2.13. The monoisotopic (exact) mass is 476 g/mol. The van der Waals surface area contributed by atoms with E-state index in [9.17, 15) is 19.6 Å². The number of rotatable bonds is 6. The van der Waals surface area contributed by atoms with Gasteiger partial charge in [0.05, 0.1) is 48.1 Å². The van der Waals surface area contributed by atoms with Crippen LogP contribution in [-0.4, -0.2) is 41.5 Å². The van der Waals surface area contributed by atoms with Crippen molar-refractivity contribution in [2.45, 2.75) is 39.5 Å². The van der Waals surface area contributed by atoms with Gasteiger partial charge < -0.3 is 19.6 Å². The molecule has 0 saturated carbocycles. The van der Waals surface area contributed by atoms with E-state index in [1.54, 1.807) is 31.3 Å². The Kier molecular flexibility index (Phi) is 6.42. The standard InChI is InChI=1S/C25H24N4O6/c1-5-34-24-22-21(16-7-6-15(11-26)10-17(16)33-4)20(14(3)28-23(22)13(2)12-27-24)25(32)35-29-18(30)8-9-19(29)31/h6-7,10,12,21,28H,5,8-9H2,1-4H3. The van der Waals surface area contributed by atoms with E-state index in [-0.39, 0.29) is 18.4 Å². The third kappa shape index (κ3) is 4.17. The second kappa shape index (κ2) is 9.46. The Hall–Kier alpha value is -4.39. The van der Waals surface area contributed by atoms with E-state index in [0.717, 1.165) is 5.56 Å². The second-order valence-corrected chi connectivity index (χ2v) is 8.09. The number of allylic oxidation sites excluding steroid dienone is 1. The van der Waals surface area contributed by atoms with E-state index >= 15 is 0 Å². The molecule has 0 radical (unpaired) electrons. The summed E-state index contributed by atoms with van der Waals surface area (Å²) in [6.45, 7) is 5.73. The quantitative estimate of drug-likeness (QED) is 0.625. The Balaban J connectivity index is 1.93. The van der Waals surface area contributed by atoms with Crippen molar-refractivity contribution in [2.24, 2.45) is 0 Å². The number of aromatic nitrogens is 1. The van der Waals surface area contributed by atoms with Gasteiger partial charge in [-0.1, -0.05) is 6.07 Å². The van der Waals surface area contributed by atoms with Gasteiger partial charge in [0.1, 0.15) is 5.75 Å². The van der Waals surface area contributed by atoms with Crippen LogP contribution in [0, 0.1) is 18.3 Å². The molecule has 1 atom stereocenters. The lowest BCUT2D eigenvalue weighted by Gasteiger charge is -2.32. The van der Waals surface area contributed by atoms with Crippen molar-refractivity contribution in [3.63, 3.8) is 0 Å². The lowest BCUT2D eigenvalue weighted by Crippen LogP contribution is -2.35. The van der Waals surface area contributed by atoms with Crippen molar-refractivity contribution in [3.8, 4) is 17.7 Å². The van der Waals surface area contributed by atoms with E-state index in [0.29, 0.717) is 51.4 Å². The summed E-state index contributed by atoms with van der Waals surface area (Å²) >= 11 is 0. The van der Waals surface area contributed by atoms with E-state index in [1.807, 2.05) is 13.8 Å². The van der Waals surface area contributed by atoms with Gasteiger partial charge in [0.2, 0.25) is 5.88 Å². The van der Waals surface area contributed by atoms with Crippen LogP contribution in [-0.2, 0) is 19.2 Å². The molecule has 0 aliphatic carbocycles. The van der Waals surface area contributed by atoms with Crippen LogP contribution in [0.2, 0.25) is 0 Å². The van der Waals surface area contributed by atoms with Crippen LogP contribution < -0.4 is 14.8 Å². The minimum absolute atomic E-state index is 0.0182. The van der Waals surface area contributed by atoms with E-state index in [4.69, 9.17) is 14.3 Å². The number of ether oxygens (including phenoxy) is 2. The van der Waals surface area contributed by atoms with Gasteiger partial charge in [-0.05, 0) is 38.5 Å². The fourth-order valence-corrected chi connectivity index (χ4v) is 4.30. The van der Waals surface area contributed by atoms with Crippen LogP contribution in [0.15, 0.2) is 35.7 Å². The van der Waals surface area contributed by atoms with Crippen LogP contribution in [0.5, 0.6) is 11.6 Å².